The van der Waals surface area contributed by atoms with Crippen LogP contribution in [0.1, 0.15) is 113 Å². The molecule has 0 saturated carbocycles. The molecule has 1 aliphatic heterocycles. The molecule has 0 bridgehead atoms. The van der Waals surface area contributed by atoms with Gasteiger partial charge < -0.3 is 14.2 Å². The van der Waals surface area contributed by atoms with Crippen molar-refractivity contribution in [2.75, 3.05) is 6.61 Å². The average Bonchev–Trinajstić information content (AvgIpc) is 3.04. The van der Waals surface area contributed by atoms with Crippen molar-refractivity contribution >= 4 is 12.1 Å². The van der Waals surface area contributed by atoms with Gasteiger partial charge in [0, 0.05) is 13.3 Å². The Hall–Kier alpha value is -2.00. The number of carbonyl (C=O) groups excluding carboxylic acids is 2. The fraction of sp³-hybridized carbons (Fsp3) is 0.786. The summed E-state index contributed by atoms with van der Waals surface area (Å²) < 4.78 is 16.9. The van der Waals surface area contributed by atoms with Gasteiger partial charge in [0.1, 0.15) is 23.5 Å². The van der Waals surface area contributed by atoms with E-state index in [1.54, 1.807) is 26.0 Å². The summed E-state index contributed by atoms with van der Waals surface area (Å²) in [6.45, 7) is 12.9. The number of rotatable bonds is 12. The highest BCUT2D eigenvalue weighted by Crippen LogP contribution is 2.32. The molecule has 1 aliphatic rings. The number of amides is 1. The molecule has 2 atom stereocenters. The van der Waals surface area contributed by atoms with Crippen LogP contribution in [0, 0.1) is 11.8 Å². The van der Waals surface area contributed by atoms with E-state index in [4.69, 9.17) is 14.2 Å². The molecule has 6 nitrogen and oxygen atoms in total. The molecule has 34 heavy (non-hydrogen) atoms. The van der Waals surface area contributed by atoms with Gasteiger partial charge in [0.05, 0.1) is 6.61 Å². The molecule has 1 fully saturated rings. The molecule has 0 aromatic carbocycles. The summed E-state index contributed by atoms with van der Waals surface area (Å²) in [7, 11) is 0. The molecule has 0 aliphatic carbocycles. The van der Waals surface area contributed by atoms with Gasteiger partial charge in [-0.1, -0.05) is 70.1 Å². The van der Waals surface area contributed by atoms with E-state index < -0.39 is 35.5 Å². The molecule has 1 saturated heterocycles. The van der Waals surface area contributed by atoms with Crippen LogP contribution in [0.3, 0.4) is 0 Å². The maximum Gasteiger partial charge on any atom is 0.413 e. The average molecular weight is 478 g/mol. The largest absolute Gasteiger partial charge is 0.456 e. The van der Waals surface area contributed by atoms with Gasteiger partial charge in [0.25, 0.3) is 0 Å². The lowest BCUT2D eigenvalue weighted by atomic mass is 10.1. The Kier molecular flexibility index (Phi) is 13.3. The van der Waals surface area contributed by atoms with Crippen LogP contribution in [0.5, 0.6) is 0 Å². The monoisotopic (exact) mass is 477 g/mol. The number of allylic oxidation sites excluding steroid dienone is 1. The molecule has 6 heteroatoms. The number of ether oxygens (including phenoxy) is 3. The van der Waals surface area contributed by atoms with Gasteiger partial charge in [-0.25, -0.2) is 4.79 Å². The first-order chi connectivity index (χ1) is 16.0. The van der Waals surface area contributed by atoms with Crippen molar-refractivity contribution in [3.63, 3.8) is 0 Å². The van der Waals surface area contributed by atoms with Crippen molar-refractivity contribution in [3.05, 3.63) is 12.2 Å². The smallest absolute Gasteiger partial charge is 0.413 e. The van der Waals surface area contributed by atoms with E-state index in [2.05, 4.69) is 18.8 Å². The number of unbranched alkanes of at least 4 members (excludes halogenated alkanes) is 9. The second-order valence-electron chi connectivity index (χ2n) is 10.5. The minimum absolute atomic E-state index is 0.237. The highest BCUT2D eigenvalue weighted by molar-refractivity contribution is 5.70. The van der Waals surface area contributed by atoms with Crippen LogP contribution < -0.4 is 0 Å². The van der Waals surface area contributed by atoms with E-state index in [-0.39, 0.29) is 6.61 Å². The maximum absolute atomic E-state index is 12.9. The summed E-state index contributed by atoms with van der Waals surface area (Å²) in [4.78, 5) is 26.2. The van der Waals surface area contributed by atoms with Gasteiger partial charge in [0.2, 0.25) is 0 Å². The van der Waals surface area contributed by atoms with Crippen molar-refractivity contribution < 1.29 is 23.8 Å². The fourth-order valence-electron chi connectivity index (χ4n) is 3.98. The van der Waals surface area contributed by atoms with Crippen LogP contribution in [0.2, 0.25) is 0 Å². The third kappa shape index (κ3) is 11.9. The van der Waals surface area contributed by atoms with E-state index >= 15 is 0 Å². The molecule has 1 rings (SSSR count). The van der Waals surface area contributed by atoms with Crippen LogP contribution in [0.25, 0.3) is 0 Å². The SMILES string of the molecule is CCCCCCCCCCCC#C/C=C/[C@@H](OC(C)=O)[C@@H]1COC(C)(C)N1C(=O)OC(C)(C)C. The van der Waals surface area contributed by atoms with Crippen molar-refractivity contribution in [2.24, 2.45) is 0 Å². The number of hydrogen-bond donors (Lipinski definition) is 0. The molecule has 0 aromatic rings. The lowest BCUT2D eigenvalue weighted by Crippen LogP contribution is -2.53. The van der Waals surface area contributed by atoms with Crippen molar-refractivity contribution in [3.8, 4) is 11.8 Å². The third-order valence-corrected chi connectivity index (χ3v) is 5.67. The highest BCUT2D eigenvalue weighted by atomic mass is 16.6. The Bertz CT molecular complexity index is 711. The minimum Gasteiger partial charge on any atom is -0.456 e. The van der Waals surface area contributed by atoms with E-state index in [9.17, 15) is 9.59 Å². The van der Waals surface area contributed by atoms with E-state index in [1.165, 1.54) is 63.2 Å². The zero-order valence-electron chi connectivity index (χ0n) is 22.6. The van der Waals surface area contributed by atoms with Crippen LogP contribution in [-0.4, -0.2) is 47.0 Å². The van der Waals surface area contributed by atoms with Crippen molar-refractivity contribution in [1.29, 1.82) is 0 Å². The van der Waals surface area contributed by atoms with Crippen LogP contribution in [-0.2, 0) is 19.0 Å². The molecule has 0 unspecified atom stereocenters. The van der Waals surface area contributed by atoms with Crippen molar-refractivity contribution in [1.82, 2.24) is 4.90 Å². The zero-order valence-corrected chi connectivity index (χ0v) is 22.6. The van der Waals surface area contributed by atoms with E-state index in [1.807, 2.05) is 20.8 Å². The number of carbonyl (C=O) groups is 2. The minimum atomic E-state index is -0.874. The lowest BCUT2D eigenvalue weighted by molar-refractivity contribution is -0.147. The first-order valence-corrected chi connectivity index (χ1v) is 13.0. The summed E-state index contributed by atoms with van der Waals surface area (Å²) in [6.07, 6.45) is 14.7. The predicted octanol–water partition coefficient (Wildman–Crippen LogP) is 6.77. The number of esters is 1. The Labute approximate surface area is 207 Å². The van der Waals surface area contributed by atoms with Crippen LogP contribution >= 0.6 is 0 Å². The van der Waals surface area contributed by atoms with Gasteiger partial charge in [0.15, 0.2) is 0 Å². The highest BCUT2D eigenvalue weighted by Gasteiger charge is 2.49. The Morgan fingerprint density at radius 2 is 1.68 bits per heavy atom. The van der Waals surface area contributed by atoms with E-state index in [0.717, 1.165) is 12.8 Å². The van der Waals surface area contributed by atoms with Gasteiger partial charge in [-0.3, -0.25) is 9.69 Å². The Morgan fingerprint density at radius 3 is 2.24 bits per heavy atom. The number of nitrogens with zero attached hydrogens (tertiary/aromatic N) is 1. The topological polar surface area (TPSA) is 65.1 Å². The molecule has 0 N–H and O–H groups in total. The molecule has 1 amide bonds. The molecule has 0 spiro atoms. The molecular weight excluding hydrogens is 430 g/mol. The zero-order chi connectivity index (χ0) is 25.6. The summed E-state index contributed by atoms with van der Waals surface area (Å²) in [5, 5.41) is 0. The standard InChI is InChI=1S/C28H47NO5/c1-8-9-10-11-12-13-14-15-16-17-18-19-20-21-25(33-23(2)30)24-22-32-28(6,7)29(24)26(31)34-27(3,4)5/h20-21,24-25H,8-17,22H2,1-7H3/b21-20+/t24-,25+/m0/s1. The van der Waals surface area contributed by atoms with Crippen LogP contribution in [0.4, 0.5) is 4.79 Å². The van der Waals surface area contributed by atoms with Gasteiger partial charge >= 0.3 is 12.1 Å². The summed E-state index contributed by atoms with van der Waals surface area (Å²) in [5.41, 5.74) is -1.52. The van der Waals surface area contributed by atoms with Gasteiger partial charge in [-0.2, -0.15) is 0 Å². The Morgan fingerprint density at radius 1 is 1.09 bits per heavy atom. The summed E-state index contributed by atoms with van der Waals surface area (Å²) in [5.74, 6) is 5.79. The summed E-state index contributed by atoms with van der Waals surface area (Å²) >= 11 is 0. The molecule has 1 heterocycles. The lowest BCUT2D eigenvalue weighted by Gasteiger charge is -2.36. The second kappa shape index (κ2) is 15.1. The van der Waals surface area contributed by atoms with Gasteiger partial charge in [-0.05, 0) is 53.2 Å². The third-order valence-electron chi connectivity index (χ3n) is 5.67. The second-order valence-corrected chi connectivity index (χ2v) is 10.5. The van der Waals surface area contributed by atoms with Gasteiger partial charge in [-0.15, -0.1) is 0 Å². The molecule has 0 aromatic heterocycles. The molecule has 0 radical (unpaired) electrons. The van der Waals surface area contributed by atoms with Crippen molar-refractivity contribution in [2.45, 2.75) is 136 Å². The molecule has 194 valence electrons. The quantitative estimate of drug-likeness (QED) is 0.176. The molecular formula is C28H47NO5. The predicted molar refractivity (Wildman–Crippen MR) is 136 cm³/mol. The normalized spacial score (nSPS) is 18.4. The number of hydrogen-bond acceptors (Lipinski definition) is 5. The Balaban J connectivity index is 2.61. The first-order valence-electron chi connectivity index (χ1n) is 13.0. The van der Waals surface area contributed by atoms with Crippen LogP contribution in [0.15, 0.2) is 12.2 Å². The first kappa shape index (κ1) is 30.0. The van der Waals surface area contributed by atoms with E-state index in [0.29, 0.717) is 0 Å². The fourth-order valence-corrected chi connectivity index (χ4v) is 3.98. The summed E-state index contributed by atoms with van der Waals surface area (Å²) in [6, 6.07) is -0.496. The maximum atomic E-state index is 12.9.